The number of benzene rings is 2. The molecule has 1 amide bonds. The quantitative estimate of drug-likeness (QED) is 0.349. The fourth-order valence-corrected chi connectivity index (χ4v) is 6.60. The second-order valence-corrected chi connectivity index (χ2v) is 11.4. The molecule has 8 nitrogen and oxygen atoms in total. The molecule has 2 aromatic carbocycles. The maximum Gasteiger partial charge on any atom is 0.253 e. The number of nitrogens with one attached hydrogen (secondary N) is 2. The number of aromatic nitrogens is 1. The van der Waals surface area contributed by atoms with E-state index in [1.165, 1.54) is 12.3 Å². The van der Waals surface area contributed by atoms with Gasteiger partial charge in [-0.05, 0) is 38.3 Å². The van der Waals surface area contributed by atoms with Gasteiger partial charge >= 0.3 is 0 Å². The van der Waals surface area contributed by atoms with Gasteiger partial charge in [-0.1, -0.05) is 41.9 Å². The Hall–Kier alpha value is -3.31. The number of carbonyl (C=O) groups excluding carboxylic acids is 1. The first-order valence-electron chi connectivity index (χ1n) is 14.2. The van der Waals surface area contributed by atoms with Crippen molar-refractivity contribution in [3.05, 3.63) is 75.9 Å². The van der Waals surface area contributed by atoms with Gasteiger partial charge in [0.05, 0.1) is 42.0 Å². The van der Waals surface area contributed by atoms with Crippen molar-refractivity contribution < 1.29 is 32.9 Å². The third-order valence-corrected chi connectivity index (χ3v) is 8.62. The van der Waals surface area contributed by atoms with Crippen LogP contribution in [0.25, 0.3) is 11.1 Å². The molecular weight excluding hydrogens is 568 g/mol. The molecule has 3 aromatic rings. The number of pyridine rings is 1. The number of hydrogen-bond donors (Lipinski definition) is 3. The highest BCUT2D eigenvalue weighted by Gasteiger charge is 2.50. The van der Waals surface area contributed by atoms with Gasteiger partial charge in [0.25, 0.3) is 11.8 Å². The molecule has 3 aliphatic heterocycles. The molecule has 0 bridgehead atoms. The number of ether oxygens (including phenoxy) is 3. The third kappa shape index (κ3) is 5.10. The predicted octanol–water partition coefficient (Wildman–Crippen LogP) is 4.54. The minimum Gasteiger partial charge on any atom is -0.480 e. The van der Waals surface area contributed by atoms with Crippen LogP contribution >= 0.6 is 11.6 Å². The topological polar surface area (TPSA) is 102 Å². The van der Waals surface area contributed by atoms with Crippen LogP contribution in [-0.4, -0.2) is 60.6 Å². The number of fused-ring (bicyclic) bond motifs is 1. The van der Waals surface area contributed by atoms with Gasteiger partial charge in [0.15, 0.2) is 11.4 Å². The van der Waals surface area contributed by atoms with Crippen LogP contribution in [0.2, 0.25) is 5.02 Å². The Kier molecular flexibility index (Phi) is 8.06. The molecule has 0 radical (unpaired) electrons. The summed E-state index contributed by atoms with van der Waals surface area (Å²) in [4.78, 5) is 17.6. The second kappa shape index (κ2) is 11.8. The molecule has 6 rings (SSSR count). The summed E-state index contributed by atoms with van der Waals surface area (Å²) in [5.74, 6) is -2.62. The van der Waals surface area contributed by atoms with Crippen LogP contribution in [0, 0.1) is 11.6 Å². The molecule has 11 heteroatoms. The van der Waals surface area contributed by atoms with Crippen molar-refractivity contribution in [3.8, 4) is 22.8 Å². The Labute approximate surface area is 247 Å². The molecule has 1 aromatic heterocycles. The van der Waals surface area contributed by atoms with Gasteiger partial charge < -0.3 is 30.0 Å². The number of aliphatic hydroxyl groups is 1. The lowest BCUT2D eigenvalue weighted by molar-refractivity contribution is 0.0539. The number of carbonyl (C=O) groups is 1. The number of rotatable bonds is 8. The first-order valence-corrected chi connectivity index (χ1v) is 14.5. The lowest BCUT2D eigenvalue weighted by atomic mass is 9.80. The lowest BCUT2D eigenvalue weighted by Gasteiger charge is -2.35. The van der Waals surface area contributed by atoms with E-state index < -0.39 is 29.0 Å². The first kappa shape index (κ1) is 28.8. The van der Waals surface area contributed by atoms with Crippen LogP contribution in [0.5, 0.6) is 11.6 Å². The summed E-state index contributed by atoms with van der Waals surface area (Å²) in [5, 5.41) is 15.3. The average Bonchev–Trinajstić information content (AvgIpc) is 3.75. The molecule has 3 aliphatic rings. The predicted molar refractivity (Wildman–Crippen MR) is 152 cm³/mol. The van der Waals surface area contributed by atoms with E-state index in [9.17, 15) is 9.90 Å². The summed E-state index contributed by atoms with van der Waals surface area (Å²) < 4.78 is 49.5. The Morgan fingerprint density at radius 2 is 2.10 bits per heavy atom. The maximum absolute atomic E-state index is 16.4. The van der Waals surface area contributed by atoms with Crippen LogP contribution in [0.15, 0.2) is 42.6 Å². The summed E-state index contributed by atoms with van der Waals surface area (Å²) in [6.07, 6.45) is 3.76. The summed E-state index contributed by atoms with van der Waals surface area (Å²) in [6.45, 7) is 2.42. The molecular formula is C31H32ClF2N3O5. The summed E-state index contributed by atoms with van der Waals surface area (Å²) >= 11 is 6.64. The standard InChI is InChI=1S/C31H32ClF2N3O5/c1-17-12-19(16-41-17)37-29(39)21-15-36-30(40-11-10-38)28(34)26(21)25-20-14-31(24-8-5-9-35-24,18-6-3-2-4-7-18)42-23(20)13-22(33)27(25)32/h2-4,6-7,13,15,17,19,24,35,38H,5,8-12,14,16H2,1H3,(H,37,39)/t17-,19-,24+,31+/m1/s1. The minimum atomic E-state index is -0.988. The van der Waals surface area contributed by atoms with Crippen molar-refractivity contribution in [1.29, 1.82) is 0 Å². The smallest absolute Gasteiger partial charge is 0.253 e. The number of nitrogens with zero attached hydrogens (tertiary/aromatic N) is 1. The highest BCUT2D eigenvalue weighted by molar-refractivity contribution is 6.34. The van der Waals surface area contributed by atoms with Gasteiger partial charge in [0.1, 0.15) is 18.2 Å². The van der Waals surface area contributed by atoms with Gasteiger partial charge in [-0.15, -0.1) is 0 Å². The Bertz CT molecular complexity index is 1490. The number of hydrogen-bond acceptors (Lipinski definition) is 7. The van der Waals surface area contributed by atoms with Crippen molar-refractivity contribution in [1.82, 2.24) is 15.6 Å². The van der Waals surface area contributed by atoms with E-state index in [-0.39, 0.29) is 65.3 Å². The van der Waals surface area contributed by atoms with E-state index in [4.69, 9.17) is 25.8 Å². The molecule has 0 spiro atoms. The van der Waals surface area contributed by atoms with Gasteiger partial charge in [-0.2, -0.15) is 0 Å². The Morgan fingerprint density at radius 3 is 2.79 bits per heavy atom. The molecule has 2 fully saturated rings. The summed E-state index contributed by atoms with van der Waals surface area (Å²) in [5.41, 5.74) is 0.0927. The van der Waals surface area contributed by atoms with Crippen molar-refractivity contribution in [2.75, 3.05) is 26.4 Å². The Morgan fingerprint density at radius 1 is 1.29 bits per heavy atom. The molecule has 4 heterocycles. The Balaban J connectivity index is 1.51. The van der Waals surface area contributed by atoms with Crippen LogP contribution < -0.4 is 20.1 Å². The number of aliphatic hydroxyl groups excluding tert-OH is 1. The molecule has 0 aliphatic carbocycles. The van der Waals surface area contributed by atoms with Gasteiger partial charge in [-0.25, -0.2) is 13.8 Å². The maximum atomic E-state index is 16.4. The summed E-state index contributed by atoms with van der Waals surface area (Å²) in [6, 6.07) is 10.5. The van der Waals surface area contributed by atoms with E-state index in [1.807, 2.05) is 37.3 Å². The first-order chi connectivity index (χ1) is 20.3. The fourth-order valence-electron chi connectivity index (χ4n) is 6.33. The van der Waals surface area contributed by atoms with Crippen LogP contribution in [0.4, 0.5) is 8.78 Å². The number of halogens is 3. The molecule has 222 valence electrons. The molecule has 0 saturated carbocycles. The zero-order valence-corrected chi connectivity index (χ0v) is 23.8. The minimum absolute atomic E-state index is 0.0115. The zero-order chi connectivity index (χ0) is 29.4. The van der Waals surface area contributed by atoms with Crippen LogP contribution in [-0.2, 0) is 16.8 Å². The van der Waals surface area contributed by atoms with Crippen molar-refractivity contribution in [2.24, 2.45) is 0 Å². The summed E-state index contributed by atoms with van der Waals surface area (Å²) in [7, 11) is 0. The molecule has 0 unspecified atom stereocenters. The monoisotopic (exact) mass is 599 g/mol. The van der Waals surface area contributed by atoms with Crippen LogP contribution in [0.3, 0.4) is 0 Å². The molecule has 3 N–H and O–H groups in total. The number of amides is 1. The third-order valence-electron chi connectivity index (χ3n) is 8.25. The lowest BCUT2D eigenvalue weighted by Crippen LogP contribution is -2.48. The molecule has 2 saturated heterocycles. The largest absolute Gasteiger partial charge is 0.480 e. The van der Waals surface area contributed by atoms with Crippen LogP contribution in [0.1, 0.15) is 47.7 Å². The van der Waals surface area contributed by atoms with E-state index in [0.29, 0.717) is 18.6 Å². The normalized spacial score (nSPS) is 24.8. The van der Waals surface area contributed by atoms with E-state index in [2.05, 4.69) is 15.6 Å². The zero-order valence-electron chi connectivity index (χ0n) is 23.1. The SMILES string of the molecule is C[C@@H]1C[C@@H](NC(=O)c2cnc(OCCO)c(F)c2-c2c(Cl)c(F)cc3c2C[C@](c2ccccc2)([C@@H]2CCCN2)O3)CO1. The van der Waals surface area contributed by atoms with Crippen molar-refractivity contribution >= 4 is 17.5 Å². The van der Waals surface area contributed by atoms with E-state index in [0.717, 1.165) is 24.9 Å². The van der Waals surface area contributed by atoms with Crippen molar-refractivity contribution in [2.45, 2.75) is 56.4 Å². The van der Waals surface area contributed by atoms with Gasteiger partial charge in [0.2, 0.25) is 0 Å². The fraction of sp³-hybridized carbons (Fsp3) is 0.419. The molecule has 42 heavy (non-hydrogen) atoms. The van der Waals surface area contributed by atoms with E-state index in [1.54, 1.807) is 0 Å². The van der Waals surface area contributed by atoms with Gasteiger partial charge in [0, 0.05) is 35.4 Å². The molecule has 4 atom stereocenters. The van der Waals surface area contributed by atoms with Gasteiger partial charge in [-0.3, -0.25) is 4.79 Å². The average molecular weight is 600 g/mol. The van der Waals surface area contributed by atoms with Crippen molar-refractivity contribution in [3.63, 3.8) is 0 Å². The highest BCUT2D eigenvalue weighted by Crippen LogP contribution is 2.52. The second-order valence-electron chi connectivity index (χ2n) is 11.0. The highest BCUT2D eigenvalue weighted by atomic mass is 35.5. The van der Waals surface area contributed by atoms with E-state index >= 15 is 8.78 Å².